The summed E-state index contributed by atoms with van der Waals surface area (Å²) in [5, 5.41) is 2.20. The number of benzene rings is 2. The van der Waals surface area contributed by atoms with Gasteiger partial charge in [-0.2, -0.15) is 0 Å². The summed E-state index contributed by atoms with van der Waals surface area (Å²) < 4.78 is 0. The Morgan fingerprint density at radius 2 is 1.80 bits per heavy atom. The van der Waals surface area contributed by atoms with E-state index in [2.05, 4.69) is 42.7 Å². The lowest BCUT2D eigenvalue weighted by Crippen LogP contribution is -2.79. The molecule has 106 valence electrons. The molecule has 3 nitrogen and oxygen atoms in total. The summed E-state index contributed by atoms with van der Waals surface area (Å²) in [6, 6.07) is 16.7. The van der Waals surface area contributed by atoms with E-state index in [1.807, 2.05) is 18.2 Å². The molecular formula is C17H24N3+. The van der Waals surface area contributed by atoms with Crippen molar-refractivity contribution in [2.24, 2.45) is 5.73 Å². The molecule has 2 aromatic carbocycles. The maximum Gasteiger partial charge on any atom is 0.0759 e. The molecule has 0 spiro atoms. The second kappa shape index (κ2) is 7.08. The summed E-state index contributed by atoms with van der Waals surface area (Å²) in [4.78, 5) is 0. The highest BCUT2D eigenvalue weighted by Gasteiger charge is 2.10. The fourth-order valence-corrected chi connectivity index (χ4v) is 2.45. The first-order valence-corrected chi connectivity index (χ1v) is 7.18. The van der Waals surface area contributed by atoms with Gasteiger partial charge in [-0.1, -0.05) is 36.4 Å². The summed E-state index contributed by atoms with van der Waals surface area (Å²) in [6.45, 7) is 1.81. The zero-order valence-electron chi connectivity index (χ0n) is 12.0. The summed E-state index contributed by atoms with van der Waals surface area (Å²) >= 11 is 0. The standard InChI is InChI=1S/C17H23N3/c1-20-10-9-16(12-18)14-7-5-13(6-8-14)15-3-2-4-17(19)11-15/h2-8,11,16,20H,9-10,12,18-19H2,1H3/p+1. The van der Waals surface area contributed by atoms with E-state index in [-0.39, 0.29) is 0 Å². The van der Waals surface area contributed by atoms with E-state index in [1.165, 1.54) is 11.1 Å². The van der Waals surface area contributed by atoms with Crippen molar-refractivity contribution in [1.29, 1.82) is 0 Å². The highest BCUT2D eigenvalue weighted by Crippen LogP contribution is 2.25. The van der Waals surface area contributed by atoms with Gasteiger partial charge in [0.25, 0.3) is 0 Å². The van der Waals surface area contributed by atoms with Crippen LogP contribution in [-0.2, 0) is 0 Å². The molecule has 2 rings (SSSR count). The molecule has 0 aliphatic heterocycles. The second-order valence-electron chi connectivity index (χ2n) is 5.17. The van der Waals surface area contributed by atoms with E-state index in [0.29, 0.717) is 12.5 Å². The van der Waals surface area contributed by atoms with Crippen LogP contribution in [-0.4, -0.2) is 20.1 Å². The minimum atomic E-state index is 0.445. The van der Waals surface area contributed by atoms with Crippen molar-refractivity contribution in [3.05, 3.63) is 54.1 Å². The van der Waals surface area contributed by atoms with Crippen molar-refractivity contribution in [2.75, 3.05) is 25.9 Å². The largest absolute Gasteiger partial charge is 0.399 e. The lowest BCUT2D eigenvalue weighted by Gasteiger charge is -2.14. The highest BCUT2D eigenvalue weighted by molar-refractivity contribution is 5.67. The van der Waals surface area contributed by atoms with E-state index < -0.39 is 0 Å². The van der Waals surface area contributed by atoms with Gasteiger partial charge in [0.05, 0.1) is 13.6 Å². The Morgan fingerprint density at radius 1 is 1.05 bits per heavy atom. The molecule has 1 atom stereocenters. The van der Waals surface area contributed by atoms with Crippen LogP contribution in [0.25, 0.3) is 11.1 Å². The lowest BCUT2D eigenvalue weighted by atomic mass is 9.93. The van der Waals surface area contributed by atoms with E-state index in [9.17, 15) is 0 Å². The van der Waals surface area contributed by atoms with Crippen LogP contribution in [0.5, 0.6) is 0 Å². The van der Waals surface area contributed by atoms with Gasteiger partial charge in [0, 0.05) is 18.0 Å². The Hall–Kier alpha value is -1.84. The monoisotopic (exact) mass is 270 g/mol. The molecule has 0 aromatic heterocycles. The zero-order valence-corrected chi connectivity index (χ0v) is 12.0. The number of nitrogens with two attached hydrogens (primary N) is 3. The number of hydrogen-bond acceptors (Lipinski definition) is 2. The van der Waals surface area contributed by atoms with Gasteiger partial charge in [-0.3, -0.25) is 0 Å². The number of rotatable bonds is 6. The van der Waals surface area contributed by atoms with Gasteiger partial charge in [0.1, 0.15) is 0 Å². The topological polar surface area (TPSA) is 68.6 Å². The molecule has 1 unspecified atom stereocenters. The number of quaternary nitrogens is 1. The summed E-state index contributed by atoms with van der Waals surface area (Å²) in [7, 11) is 2.09. The third kappa shape index (κ3) is 3.59. The van der Waals surface area contributed by atoms with Crippen LogP contribution in [0.3, 0.4) is 0 Å². The molecule has 0 aliphatic rings. The van der Waals surface area contributed by atoms with Gasteiger partial charge in [-0.25, -0.2) is 0 Å². The molecule has 3 heteroatoms. The minimum absolute atomic E-state index is 0.445. The van der Waals surface area contributed by atoms with Crippen LogP contribution in [0.15, 0.2) is 48.5 Å². The van der Waals surface area contributed by atoms with Crippen molar-refractivity contribution in [2.45, 2.75) is 12.3 Å². The molecule has 0 fully saturated rings. The SMILES string of the molecule is C[NH2+]CCC(CN)c1ccc(-c2cccc(N)c2)cc1. The fourth-order valence-electron chi connectivity index (χ4n) is 2.45. The van der Waals surface area contributed by atoms with Gasteiger partial charge < -0.3 is 16.8 Å². The first kappa shape index (κ1) is 14.6. The molecule has 20 heavy (non-hydrogen) atoms. The van der Waals surface area contributed by atoms with E-state index in [4.69, 9.17) is 11.5 Å². The summed E-state index contributed by atoms with van der Waals surface area (Å²) in [5.41, 5.74) is 16.2. The number of hydrogen-bond donors (Lipinski definition) is 3. The predicted molar refractivity (Wildman–Crippen MR) is 85.4 cm³/mol. The predicted octanol–water partition coefficient (Wildman–Crippen LogP) is 1.56. The molecule has 0 bridgehead atoms. The smallest absolute Gasteiger partial charge is 0.0759 e. The van der Waals surface area contributed by atoms with Crippen LogP contribution in [0.1, 0.15) is 17.9 Å². The third-order valence-corrected chi connectivity index (χ3v) is 3.69. The number of nitrogen functional groups attached to an aromatic ring is 1. The average molecular weight is 270 g/mol. The first-order chi connectivity index (χ1) is 9.74. The Balaban J connectivity index is 2.17. The molecule has 2 aromatic rings. The third-order valence-electron chi connectivity index (χ3n) is 3.69. The average Bonchev–Trinajstić information content (AvgIpc) is 2.49. The Kier molecular flexibility index (Phi) is 5.16. The van der Waals surface area contributed by atoms with Crippen LogP contribution >= 0.6 is 0 Å². The Morgan fingerprint density at radius 3 is 2.40 bits per heavy atom. The van der Waals surface area contributed by atoms with Crippen molar-refractivity contribution < 1.29 is 5.32 Å². The van der Waals surface area contributed by atoms with Gasteiger partial charge in [-0.15, -0.1) is 0 Å². The molecule has 0 saturated heterocycles. The van der Waals surface area contributed by atoms with Crippen LogP contribution < -0.4 is 16.8 Å². The maximum absolute atomic E-state index is 5.88. The van der Waals surface area contributed by atoms with Crippen molar-refractivity contribution in [1.82, 2.24) is 0 Å². The van der Waals surface area contributed by atoms with Crippen LogP contribution in [0, 0.1) is 0 Å². The molecular weight excluding hydrogens is 246 g/mol. The van der Waals surface area contributed by atoms with Gasteiger partial charge in [-0.05, 0) is 35.4 Å². The normalized spacial score (nSPS) is 12.3. The quantitative estimate of drug-likeness (QED) is 0.697. The maximum atomic E-state index is 5.88. The number of anilines is 1. The molecule has 0 radical (unpaired) electrons. The zero-order chi connectivity index (χ0) is 14.4. The van der Waals surface area contributed by atoms with Crippen LogP contribution in [0.4, 0.5) is 5.69 Å². The molecule has 0 saturated carbocycles. The van der Waals surface area contributed by atoms with Crippen molar-refractivity contribution >= 4 is 5.69 Å². The first-order valence-electron chi connectivity index (χ1n) is 7.18. The van der Waals surface area contributed by atoms with Crippen LogP contribution in [0.2, 0.25) is 0 Å². The molecule has 0 heterocycles. The fraction of sp³-hybridized carbons (Fsp3) is 0.294. The van der Waals surface area contributed by atoms with Gasteiger partial charge >= 0.3 is 0 Å². The minimum Gasteiger partial charge on any atom is -0.399 e. The summed E-state index contributed by atoms with van der Waals surface area (Å²) in [6.07, 6.45) is 1.12. The van der Waals surface area contributed by atoms with Gasteiger partial charge in [0.2, 0.25) is 0 Å². The second-order valence-corrected chi connectivity index (χ2v) is 5.17. The lowest BCUT2D eigenvalue weighted by molar-refractivity contribution is -0.627. The summed E-state index contributed by atoms with van der Waals surface area (Å²) in [5.74, 6) is 0.445. The molecule has 0 aliphatic carbocycles. The van der Waals surface area contributed by atoms with E-state index in [1.54, 1.807) is 0 Å². The Bertz CT molecular complexity index is 534. The van der Waals surface area contributed by atoms with E-state index in [0.717, 1.165) is 24.2 Å². The van der Waals surface area contributed by atoms with E-state index >= 15 is 0 Å². The molecule has 6 N–H and O–H groups in total. The van der Waals surface area contributed by atoms with Crippen molar-refractivity contribution in [3.8, 4) is 11.1 Å². The molecule has 0 amide bonds. The Labute approximate surface area is 121 Å². The van der Waals surface area contributed by atoms with Crippen molar-refractivity contribution in [3.63, 3.8) is 0 Å². The highest BCUT2D eigenvalue weighted by atomic mass is 14.8. The van der Waals surface area contributed by atoms with Gasteiger partial charge in [0.15, 0.2) is 0 Å².